The molecule has 0 spiro atoms. The first-order valence-corrected chi connectivity index (χ1v) is 7.18. The molecule has 1 aliphatic rings. The third-order valence-corrected chi connectivity index (χ3v) is 3.78. The highest BCUT2D eigenvalue weighted by Crippen LogP contribution is 2.33. The third kappa shape index (κ3) is 5.99. The lowest BCUT2D eigenvalue weighted by Gasteiger charge is -2.22. The van der Waals surface area contributed by atoms with Crippen molar-refractivity contribution < 1.29 is 22.4 Å². The number of carbonyl (C=O) groups excluding carboxylic acids is 1. The van der Waals surface area contributed by atoms with Gasteiger partial charge in [0.1, 0.15) is 5.82 Å². The number of amides is 1. The molecule has 3 nitrogen and oxygen atoms in total. The van der Waals surface area contributed by atoms with Crippen LogP contribution in [-0.4, -0.2) is 25.2 Å². The fraction of sp³-hybridized carbons (Fsp3) is 0.533. The molecule has 2 unspecified atom stereocenters. The van der Waals surface area contributed by atoms with Crippen LogP contribution >= 0.6 is 12.4 Å². The summed E-state index contributed by atoms with van der Waals surface area (Å²) >= 11 is 0. The minimum Gasteiger partial charge on any atom is -0.341 e. The molecule has 1 aromatic rings. The van der Waals surface area contributed by atoms with Gasteiger partial charge in [0.25, 0.3) is 0 Å². The molecule has 2 rings (SSSR count). The van der Waals surface area contributed by atoms with Gasteiger partial charge in [-0.05, 0) is 49.5 Å². The molecule has 1 amide bonds. The number of hydrogen-bond donors (Lipinski definition) is 2. The summed E-state index contributed by atoms with van der Waals surface area (Å²) in [6.45, 7) is 1.68. The van der Waals surface area contributed by atoms with E-state index >= 15 is 0 Å². The van der Waals surface area contributed by atoms with Crippen molar-refractivity contribution >= 4 is 18.3 Å². The van der Waals surface area contributed by atoms with E-state index in [-0.39, 0.29) is 24.4 Å². The van der Waals surface area contributed by atoms with E-state index in [4.69, 9.17) is 0 Å². The quantitative estimate of drug-likeness (QED) is 0.796. The highest BCUT2D eigenvalue weighted by Gasteiger charge is 2.41. The molecule has 23 heavy (non-hydrogen) atoms. The van der Waals surface area contributed by atoms with Crippen LogP contribution in [-0.2, 0) is 4.79 Å². The van der Waals surface area contributed by atoms with Crippen LogP contribution in [0.1, 0.15) is 30.9 Å². The van der Waals surface area contributed by atoms with E-state index in [0.29, 0.717) is 12.3 Å². The van der Waals surface area contributed by atoms with E-state index in [1.807, 2.05) is 5.32 Å². The lowest BCUT2D eigenvalue weighted by Crippen LogP contribution is -2.38. The number of rotatable bonds is 5. The maximum absolute atomic E-state index is 13.1. The molecule has 130 valence electrons. The van der Waals surface area contributed by atoms with Crippen LogP contribution < -0.4 is 10.6 Å². The zero-order valence-electron chi connectivity index (χ0n) is 12.3. The molecule has 8 heteroatoms. The molecule has 0 aliphatic carbocycles. The summed E-state index contributed by atoms with van der Waals surface area (Å²) in [5, 5.41) is 5.15. The van der Waals surface area contributed by atoms with Gasteiger partial charge >= 0.3 is 6.18 Å². The number of benzene rings is 1. The number of halogens is 5. The van der Waals surface area contributed by atoms with Gasteiger partial charge in [-0.25, -0.2) is 4.39 Å². The van der Waals surface area contributed by atoms with E-state index in [9.17, 15) is 22.4 Å². The van der Waals surface area contributed by atoms with Gasteiger partial charge in [-0.1, -0.05) is 12.1 Å². The summed E-state index contributed by atoms with van der Waals surface area (Å²) in [5.41, 5.74) is -0.176. The van der Waals surface area contributed by atoms with Gasteiger partial charge in [0, 0.05) is 6.42 Å². The number of alkyl halides is 3. The van der Waals surface area contributed by atoms with E-state index < -0.39 is 23.9 Å². The van der Waals surface area contributed by atoms with Crippen LogP contribution in [0.2, 0.25) is 0 Å². The Hall–Kier alpha value is -1.34. The Balaban J connectivity index is 0.00000264. The lowest BCUT2D eigenvalue weighted by molar-refractivity contribution is -0.163. The second-order valence-corrected chi connectivity index (χ2v) is 5.49. The summed E-state index contributed by atoms with van der Waals surface area (Å²) in [7, 11) is 0. The Morgan fingerprint density at radius 3 is 2.48 bits per heavy atom. The summed E-state index contributed by atoms with van der Waals surface area (Å²) in [4.78, 5) is 11.8. The molecule has 0 radical (unpaired) electrons. The molecule has 1 saturated heterocycles. The zero-order chi connectivity index (χ0) is 16.2. The first-order chi connectivity index (χ1) is 10.4. The van der Waals surface area contributed by atoms with E-state index in [1.54, 1.807) is 0 Å². The van der Waals surface area contributed by atoms with Crippen molar-refractivity contribution in [3.05, 3.63) is 35.6 Å². The molecular formula is C15H19ClF4N2O. The Labute approximate surface area is 138 Å². The standard InChI is InChI=1S/C15H18F4N2O.ClH/c16-12-4-2-11(3-5-12)14(15(17,18)19)21-13(22)6-1-10-7-8-20-9-10;/h2-5,10,14,20H,1,6-9H2,(H,21,22);1H. The largest absolute Gasteiger partial charge is 0.412 e. The predicted molar refractivity (Wildman–Crippen MR) is 80.8 cm³/mol. The monoisotopic (exact) mass is 354 g/mol. The summed E-state index contributed by atoms with van der Waals surface area (Å²) in [6, 6.07) is 1.86. The molecular weight excluding hydrogens is 336 g/mol. The van der Waals surface area contributed by atoms with E-state index in [1.165, 1.54) is 0 Å². The lowest BCUT2D eigenvalue weighted by atomic mass is 10.0. The van der Waals surface area contributed by atoms with Crippen LogP contribution in [0.15, 0.2) is 24.3 Å². The fourth-order valence-electron chi connectivity index (χ4n) is 2.54. The number of carbonyl (C=O) groups is 1. The maximum atomic E-state index is 13.1. The molecule has 2 atom stereocenters. The topological polar surface area (TPSA) is 41.1 Å². The molecule has 1 aromatic carbocycles. The van der Waals surface area contributed by atoms with Gasteiger partial charge < -0.3 is 10.6 Å². The average molecular weight is 355 g/mol. The Morgan fingerprint density at radius 1 is 1.30 bits per heavy atom. The van der Waals surface area contributed by atoms with Crippen LogP contribution in [0.4, 0.5) is 17.6 Å². The molecule has 1 heterocycles. The summed E-state index contributed by atoms with van der Waals surface area (Å²) in [6.07, 6.45) is -3.07. The van der Waals surface area contributed by atoms with Crippen molar-refractivity contribution in [1.82, 2.24) is 10.6 Å². The minimum atomic E-state index is -4.62. The third-order valence-electron chi connectivity index (χ3n) is 3.78. The first kappa shape index (κ1) is 19.7. The molecule has 0 aromatic heterocycles. The fourth-order valence-corrected chi connectivity index (χ4v) is 2.54. The van der Waals surface area contributed by atoms with Crippen molar-refractivity contribution in [3.8, 4) is 0 Å². The molecule has 2 N–H and O–H groups in total. The molecule has 1 aliphatic heterocycles. The predicted octanol–water partition coefficient (Wildman–Crippen LogP) is 3.36. The maximum Gasteiger partial charge on any atom is 0.412 e. The first-order valence-electron chi connectivity index (χ1n) is 7.18. The Morgan fingerprint density at radius 2 is 1.96 bits per heavy atom. The van der Waals surface area contributed by atoms with Crippen molar-refractivity contribution in [2.75, 3.05) is 13.1 Å². The number of hydrogen-bond acceptors (Lipinski definition) is 2. The van der Waals surface area contributed by atoms with E-state index in [0.717, 1.165) is 43.8 Å². The SMILES string of the molecule is Cl.O=C(CCC1CCNC1)NC(c1ccc(F)cc1)C(F)(F)F. The Bertz CT molecular complexity index is 501. The highest BCUT2D eigenvalue weighted by atomic mass is 35.5. The zero-order valence-corrected chi connectivity index (χ0v) is 13.1. The molecule has 0 bridgehead atoms. The Kier molecular flexibility index (Phi) is 7.28. The van der Waals surface area contributed by atoms with E-state index in [2.05, 4.69) is 5.32 Å². The van der Waals surface area contributed by atoms with Gasteiger partial charge in [0.05, 0.1) is 0 Å². The minimum absolute atomic E-state index is 0. The molecule has 0 saturated carbocycles. The van der Waals surface area contributed by atoms with Gasteiger partial charge in [0.2, 0.25) is 5.91 Å². The second kappa shape index (κ2) is 8.49. The number of nitrogens with one attached hydrogen (secondary N) is 2. The van der Waals surface area contributed by atoms with Crippen molar-refractivity contribution in [2.45, 2.75) is 31.5 Å². The summed E-state index contributed by atoms with van der Waals surface area (Å²) in [5.74, 6) is -0.927. The normalized spacial score (nSPS) is 19.0. The highest BCUT2D eigenvalue weighted by molar-refractivity contribution is 5.85. The van der Waals surface area contributed by atoms with Crippen LogP contribution in [0.25, 0.3) is 0 Å². The smallest absolute Gasteiger partial charge is 0.341 e. The van der Waals surface area contributed by atoms with Crippen LogP contribution in [0.3, 0.4) is 0 Å². The average Bonchev–Trinajstić information content (AvgIpc) is 2.96. The van der Waals surface area contributed by atoms with Gasteiger partial charge in [-0.15, -0.1) is 12.4 Å². The van der Waals surface area contributed by atoms with Crippen LogP contribution in [0.5, 0.6) is 0 Å². The van der Waals surface area contributed by atoms with Gasteiger partial charge in [0.15, 0.2) is 6.04 Å². The van der Waals surface area contributed by atoms with Crippen molar-refractivity contribution in [2.24, 2.45) is 5.92 Å². The molecule has 1 fully saturated rings. The van der Waals surface area contributed by atoms with Gasteiger partial charge in [-0.2, -0.15) is 13.2 Å². The van der Waals surface area contributed by atoms with Crippen molar-refractivity contribution in [3.63, 3.8) is 0 Å². The second-order valence-electron chi connectivity index (χ2n) is 5.49. The van der Waals surface area contributed by atoms with Crippen LogP contribution in [0, 0.1) is 11.7 Å². The van der Waals surface area contributed by atoms with Crippen molar-refractivity contribution in [1.29, 1.82) is 0 Å². The summed E-state index contributed by atoms with van der Waals surface area (Å²) < 4.78 is 52.1. The van der Waals surface area contributed by atoms with Gasteiger partial charge in [-0.3, -0.25) is 4.79 Å².